The molecule has 30 heavy (non-hydrogen) atoms. The van der Waals surface area contributed by atoms with Gasteiger partial charge < -0.3 is 10.2 Å². The smallest absolute Gasteiger partial charge is 0.260 e. The third-order valence-corrected chi connectivity index (χ3v) is 6.59. The van der Waals surface area contributed by atoms with Gasteiger partial charge in [-0.15, -0.1) is 23.1 Å². The SMILES string of the molecule is CSc1nc(-c2cccs2)nc(C)c1C(=O)Nc1ccc(N2CCCC2=O)c(C)c1. The van der Waals surface area contributed by atoms with Gasteiger partial charge in [0.25, 0.3) is 5.91 Å². The van der Waals surface area contributed by atoms with Crippen LogP contribution in [-0.2, 0) is 4.79 Å². The van der Waals surface area contributed by atoms with E-state index in [-0.39, 0.29) is 11.8 Å². The van der Waals surface area contributed by atoms with Crippen LogP contribution in [0, 0.1) is 13.8 Å². The number of anilines is 2. The van der Waals surface area contributed by atoms with Crippen molar-refractivity contribution >= 4 is 46.3 Å². The Morgan fingerprint density at radius 2 is 2.07 bits per heavy atom. The number of hydrogen-bond acceptors (Lipinski definition) is 6. The lowest BCUT2D eigenvalue weighted by atomic mass is 10.1. The van der Waals surface area contributed by atoms with E-state index in [0.717, 1.165) is 29.1 Å². The number of nitrogens with zero attached hydrogens (tertiary/aromatic N) is 3. The molecule has 0 bridgehead atoms. The Labute approximate surface area is 183 Å². The van der Waals surface area contributed by atoms with Gasteiger partial charge in [-0.25, -0.2) is 9.97 Å². The van der Waals surface area contributed by atoms with Crippen LogP contribution in [0.25, 0.3) is 10.7 Å². The fraction of sp³-hybridized carbons (Fsp3) is 0.273. The number of carbonyl (C=O) groups is 2. The average molecular weight is 439 g/mol. The van der Waals surface area contributed by atoms with E-state index in [1.165, 1.54) is 11.8 Å². The van der Waals surface area contributed by atoms with Gasteiger partial charge in [0.1, 0.15) is 5.03 Å². The molecule has 0 atom stereocenters. The monoisotopic (exact) mass is 438 g/mol. The van der Waals surface area contributed by atoms with Crippen LogP contribution < -0.4 is 10.2 Å². The molecule has 2 amide bonds. The highest BCUT2D eigenvalue weighted by atomic mass is 32.2. The Balaban J connectivity index is 1.59. The number of thioether (sulfide) groups is 1. The van der Waals surface area contributed by atoms with Gasteiger partial charge in [0, 0.05) is 24.3 Å². The van der Waals surface area contributed by atoms with E-state index in [0.29, 0.717) is 34.2 Å². The number of benzene rings is 1. The first-order valence-corrected chi connectivity index (χ1v) is 11.8. The number of aryl methyl sites for hydroxylation is 2. The molecule has 6 nitrogen and oxygen atoms in total. The van der Waals surface area contributed by atoms with Gasteiger partial charge in [-0.1, -0.05) is 6.07 Å². The molecule has 1 aliphatic rings. The lowest BCUT2D eigenvalue weighted by Crippen LogP contribution is -2.24. The Morgan fingerprint density at radius 3 is 2.70 bits per heavy atom. The fourth-order valence-corrected chi connectivity index (χ4v) is 4.88. The summed E-state index contributed by atoms with van der Waals surface area (Å²) < 4.78 is 0. The second kappa shape index (κ2) is 8.57. The zero-order valence-corrected chi connectivity index (χ0v) is 18.7. The highest BCUT2D eigenvalue weighted by Gasteiger charge is 2.24. The third kappa shape index (κ3) is 3.97. The summed E-state index contributed by atoms with van der Waals surface area (Å²) in [5.74, 6) is 0.552. The summed E-state index contributed by atoms with van der Waals surface area (Å²) in [6, 6.07) is 9.56. The third-order valence-electron chi connectivity index (χ3n) is 5.04. The topological polar surface area (TPSA) is 75.2 Å². The number of thiophene rings is 1. The van der Waals surface area contributed by atoms with Crippen molar-refractivity contribution in [3.63, 3.8) is 0 Å². The normalized spacial score (nSPS) is 13.7. The lowest BCUT2D eigenvalue weighted by molar-refractivity contribution is -0.117. The Hall–Kier alpha value is -2.71. The van der Waals surface area contributed by atoms with Crippen molar-refractivity contribution in [1.82, 2.24) is 9.97 Å². The van der Waals surface area contributed by atoms with Crippen LogP contribution >= 0.6 is 23.1 Å². The van der Waals surface area contributed by atoms with Crippen molar-refractivity contribution in [2.75, 3.05) is 23.0 Å². The highest BCUT2D eigenvalue weighted by molar-refractivity contribution is 7.98. The molecule has 0 radical (unpaired) electrons. The van der Waals surface area contributed by atoms with Crippen LogP contribution in [-0.4, -0.2) is 34.6 Å². The van der Waals surface area contributed by atoms with Crippen molar-refractivity contribution in [2.45, 2.75) is 31.7 Å². The molecule has 1 saturated heterocycles. The predicted molar refractivity (Wildman–Crippen MR) is 123 cm³/mol. The first-order valence-electron chi connectivity index (χ1n) is 9.67. The number of amides is 2. The van der Waals surface area contributed by atoms with Crippen molar-refractivity contribution in [3.8, 4) is 10.7 Å². The maximum absolute atomic E-state index is 13.1. The van der Waals surface area contributed by atoms with Crippen molar-refractivity contribution in [3.05, 3.63) is 52.5 Å². The van der Waals surface area contributed by atoms with E-state index in [2.05, 4.69) is 15.3 Å². The first kappa shape index (κ1) is 20.6. The van der Waals surface area contributed by atoms with Crippen LogP contribution in [0.4, 0.5) is 11.4 Å². The van der Waals surface area contributed by atoms with Gasteiger partial charge in [-0.2, -0.15) is 0 Å². The average Bonchev–Trinajstić information content (AvgIpc) is 3.39. The second-order valence-electron chi connectivity index (χ2n) is 7.10. The molecule has 1 aliphatic heterocycles. The maximum Gasteiger partial charge on any atom is 0.260 e. The molecule has 0 saturated carbocycles. The standard InChI is InChI=1S/C22H22N4O2S2/c1-13-12-15(8-9-16(13)26-10-4-7-18(26)27)24-21(28)19-14(2)23-20(25-22(19)29-3)17-6-5-11-30-17/h5-6,8-9,11-12H,4,7,10H2,1-3H3,(H,24,28). The molecule has 4 rings (SSSR count). The minimum absolute atomic E-state index is 0.151. The number of carbonyl (C=O) groups excluding carboxylic acids is 2. The molecule has 8 heteroatoms. The molecular formula is C22H22N4O2S2. The molecule has 1 N–H and O–H groups in total. The summed E-state index contributed by atoms with van der Waals surface area (Å²) in [4.78, 5) is 37.0. The van der Waals surface area contributed by atoms with E-state index < -0.39 is 0 Å². The van der Waals surface area contributed by atoms with E-state index >= 15 is 0 Å². The summed E-state index contributed by atoms with van der Waals surface area (Å²) in [5.41, 5.74) is 3.67. The molecule has 0 spiro atoms. The molecule has 0 aliphatic carbocycles. The summed E-state index contributed by atoms with van der Waals surface area (Å²) in [6.07, 6.45) is 3.38. The summed E-state index contributed by atoms with van der Waals surface area (Å²) in [5, 5.41) is 5.60. The highest BCUT2D eigenvalue weighted by Crippen LogP contribution is 2.30. The minimum Gasteiger partial charge on any atom is -0.322 e. The molecule has 1 fully saturated rings. The Kier molecular flexibility index (Phi) is 5.87. The van der Waals surface area contributed by atoms with Crippen LogP contribution in [0.5, 0.6) is 0 Å². The largest absolute Gasteiger partial charge is 0.322 e. The molecular weight excluding hydrogens is 416 g/mol. The molecule has 154 valence electrons. The Morgan fingerprint density at radius 1 is 1.23 bits per heavy atom. The van der Waals surface area contributed by atoms with Gasteiger partial charge in [-0.3, -0.25) is 9.59 Å². The lowest BCUT2D eigenvalue weighted by Gasteiger charge is -2.19. The fourth-order valence-electron chi connectivity index (χ4n) is 3.60. The predicted octanol–water partition coefficient (Wildman–Crippen LogP) is 4.92. The molecule has 2 aromatic heterocycles. The van der Waals surface area contributed by atoms with Gasteiger partial charge >= 0.3 is 0 Å². The number of rotatable bonds is 5. The maximum atomic E-state index is 13.1. The second-order valence-corrected chi connectivity index (χ2v) is 8.84. The summed E-state index contributed by atoms with van der Waals surface area (Å²) >= 11 is 3.00. The molecule has 3 heterocycles. The molecule has 1 aromatic carbocycles. The van der Waals surface area contributed by atoms with Crippen molar-refractivity contribution in [1.29, 1.82) is 0 Å². The van der Waals surface area contributed by atoms with Crippen LogP contribution in [0.3, 0.4) is 0 Å². The quantitative estimate of drug-likeness (QED) is 0.452. The zero-order valence-electron chi connectivity index (χ0n) is 17.1. The van der Waals surface area contributed by atoms with Crippen LogP contribution in [0.1, 0.15) is 34.5 Å². The summed E-state index contributed by atoms with van der Waals surface area (Å²) in [6.45, 7) is 4.53. The minimum atomic E-state index is -0.237. The van der Waals surface area contributed by atoms with Crippen LogP contribution in [0.2, 0.25) is 0 Å². The van der Waals surface area contributed by atoms with E-state index in [1.54, 1.807) is 11.3 Å². The van der Waals surface area contributed by atoms with Gasteiger partial charge in [0.2, 0.25) is 5.91 Å². The van der Waals surface area contributed by atoms with Gasteiger partial charge in [0.05, 0.1) is 16.1 Å². The van der Waals surface area contributed by atoms with Crippen LogP contribution in [0.15, 0.2) is 40.7 Å². The molecule has 3 aromatic rings. The van der Waals surface area contributed by atoms with E-state index in [1.807, 2.05) is 60.7 Å². The first-order chi connectivity index (χ1) is 14.5. The van der Waals surface area contributed by atoms with Gasteiger partial charge in [-0.05, 0) is 61.7 Å². The summed E-state index contributed by atoms with van der Waals surface area (Å²) in [7, 11) is 0. The number of aromatic nitrogens is 2. The number of nitrogens with one attached hydrogen (secondary N) is 1. The van der Waals surface area contributed by atoms with Gasteiger partial charge in [0.15, 0.2) is 5.82 Å². The van der Waals surface area contributed by atoms with Crippen molar-refractivity contribution < 1.29 is 9.59 Å². The number of hydrogen-bond donors (Lipinski definition) is 1. The zero-order chi connectivity index (χ0) is 21.3. The van der Waals surface area contributed by atoms with Crippen molar-refractivity contribution in [2.24, 2.45) is 0 Å². The van der Waals surface area contributed by atoms with E-state index in [9.17, 15) is 9.59 Å². The molecule has 0 unspecified atom stereocenters. The van der Waals surface area contributed by atoms with E-state index in [4.69, 9.17) is 0 Å². The Bertz CT molecular complexity index is 1110.